The summed E-state index contributed by atoms with van der Waals surface area (Å²) in [5.41, 5.74) is 1.23. The molecule has 2 rings (SSSR count). The second-order valence-corrected chi connectivity index (χ2v) is 9.51. The number of ether oxygens (including phenoxy) is 2. The minimum absolute atomic E-state index is 0.311. The fourth-order valence-electron chi connectivity index (χ4n) is 4.84. The maximum Gasteiger partial charge on any atom is 0.325 e. The van der Waals surface area contributed by atoms with Crippen molar-refractivity contribution in [1.29, 1.82) is 0 Å². The van der Waals surface area contributed by atoms with Gasteiger partial charge in [-0.05, 0) is 73.0 Å². The monoisotopic (exact) mass is 438 g/mol. The minimum Gasteiger partial charge on any atom is -0.420 e. The van der Waals surface area contributed by atoms with Crippen LogP contribution in [0.5, 0.6) is 11.5 Å². The summed E-state index contributed by atoms with van der Waals surface area (Å²) < 4.78 is 10.7. The van der Waals surface area contributed by atoms with Gasteiger partial charge in [0.1, 0.15) is 0 Å². The Hall–Kier alpha value is -0.980. The lowest BCUT2D eigenvalue weighted by atomic mass is 9.70. The Morgan fingerprint density at radius 3 is 2.31 bits per heavy atom. The van der Waals surface area contributed by atoms with E-state index in [1.807, 2.05) is 24.5 Å². The molecule has 4 nitrogen and oxygen atoms in total. The number of hydrogen-bond donors (Lipinski definition) is 0. The first-order valence-corrected chi connectivity index (χ1v) is 12.0. The average Bonchev–Trinajstić information content (AvgIpc) is 2.63. The summed E-state index contributed by atoms with van der Waals surface area (Å²) in [6.45, 7) is 9.25. The molecular formula is C23H36O4P2. The molecule has 0 spiro atoms. The van der Waals surface area contributed by atoms with Gasteiger partial charge in [0.05, 0.1) is 0 Å². The summed E-state index contributed by atoms with van der Waals surface area (Å²) >= 11 is 0. The van der Waals surface area contributed by atoms with Crippen LogP contribution in [0, 0.1) is 23.7 Å². The van der Waals surface area contributed by atoms with E-state index >= 15 is 0 Å². The summed E-state index contributed by atoms with van der Waals surface area (Å²) in [5, 5.41) is 0. The normalized spacial score (nSPS) is 20.5. The predicted octanol–water partition coefficient (Wildman–Crippen LogP) is 7.03. The molecule has 6 heteroatoms. The Morgan fingerprint density at radius 1 is 1.07 bits per heavy atom. The van der Waals surface area contributed by atoms with E-state index in [0.29, 0.717) is 23.3 Å². The zero-order valence-corrected chi connectivity index (χ0v) is 20.5. The number of hydrogen-bond acceptors (Lipinski definition) is 4. The van der Waals surface area contributed by atoms with Crippen LogP contribution in [0.3, 0.4) is 0 Å². The molecular weight excluding hydrogens is 402 g/mol. The van der Waals surface area contributed by atoms with Crippen molar-refractivity contribution < 1.29 is 19.1 Å². The van der Waals surface area contributed by atoms with Gasteiger partial charge in [-0.1, -0.05) is 59.4 Å². The first-order valence-electron chi connectivity index (χ1n) is 10.9. The highest BCUT2D eigenvalue weighted by atomic mass is 31.0. The van der Waals surface area contributed by atoms with Gasteiger partial charge in [-0.15, -0.1) is 0 Å². The van der Waals surface area contributed by atoms with Crippen molar-refractivity contribution in [1.82, 2.24) is 0 Å². The average molecular weight is 438 g/mol. The Kier molecular flexibility index (Phi) is 9.57. The molecule has 0 bridgehead atoms. The summed E-state index contributed by atoms with van der Waals surface area (Å²) in [7, 11) is 4.02. The van der Waals surface area contributed by atoms with E-state index in [9.17, 15) is 9.59 Å². The van der Waals surface area contributed by atoms with Gasteiger partial charge in [-0.3, -0.25) is 0 Å². The molecule has 29 heavy (non-hydrogen) atoms. The molecule has 0 fully saturated rings. The lowest BCUT2D eigenvalue weighted by Crippen LogP contribution is -2.28. The molecule has 1 aromatic rings. The van der Waals surface area contributed by atoms with E-state index in [1.54, 1.807) is 6.07 Å². The zero-order valence-electron chi connectivity index (χ0n) is 18.2. The Morgan fingerprint density at radius 2 is 1.72 bits per heavy atom. The van der Waals surface area contributed by atoms with Crippen LogP contribution in [0.1, 0.15) is 70.9 Å². The Labute approximate surface area is 180 Å². The van der Waals surface area contributed by atoms with Crippen LogP contribution < -0.4 is 9.47 Å². The van der Waals surface area contributed by atoms with E-state index < -0.39 is 11.4 Å². The largest absolute Gasteiger partial charge is 0.420 e. The van der Waals surface area contributed by atoms with Crippen molar-refractivity contribution in [2.75, 3.05) is 0 Å². The van der Waals surface area contributed by atoms with Crippen molar-refractivity contribution in [3.63, 3.8) is 0 Å². The molecule has 0 amide bonds. The van der Waals surface area contributed by atoms with Gasteiger partial charge >= 0.3 is 11.4 Å². The molecule has 162 valence electrons. The second-order valence-electron chi connectivity index (χ2n) is 8.57. The molecule has 1 aliphatic rings. The van der Waals surface area contributed by atoms with Crippen molar-refractivity contribution in [2.24, 2.45) is 23.7 Å². The van der Waals surface area contributed by atoms with Gasteiger partial charge in [0.15, 0.2) is 11.5 Å². The first kappa shape index (κ1) is 24.3. The smallest absolute Gasteiger partial charge is 0.325 e. The molecule has 0 radical (unpaired) electrons. The van der Waals surface area contributed by atoms with Crippen LogP contribution in [0.2, 0.25) is 0 Å². The standard InChI is InChI=1S/C23H36O4P2/c1-5-7-14(3)16(8-6-2)12-18-13-17-9-10-20(26-22(24)28)21(27-23(25)29)19(17)11-15(18)4/h9-10,14-16,18H,5-8,11-13,28-29H2,1-4H3. The lowest BCUT2D eigenvalue weighted by Gasteiger charge is -2.36. The number of fused-ring (bicyclic) bond motifs is 1. The zero-order chi connectivity index (χ0) is 21.6. The lowest BCUT2D eigenvalue weighted by molar-refractivity contribution is 0.200. The van der Waals surface area contributed by atoms with Gasteiger partial charge in [-0.25, -0.2) is 9.59 Å². The maximum absolute atomic E-state index is 11.6. The Bertz CT molecular complexity index is 719. The molecule has 0 saturated carbocycles. The van der Waals surface area contributed by atoms with Gasteiger partial charge in [0.2, 0.25) is 0 Å². The molecule has 0 saturated heterocycles. The number of benzene rings is 1. The number of carbonyl (C=O) groups is 2. The third-order valence-electron chi connectivity index (χ3n) is 6.36. The second kappa shape index (κ2) is 11.4. The molecule has 1 aromatic carbocycles. The molecule has 6 atom stereocenters. The minimum atomic E-state index is -0.500. The van der Waals surface area contributed by atoms with Gasteiger partial charge < -0.3 is 9.47 Å². The van der Waals surface area contributed by atoms with Crippen molar-refractivity contribution in [2.45, 2.75) is 72.6 Å². The van der Waals surface area contributed by atoms with Crippen LogP contribution in [-0.2, 0) is 12.8 Å². The molecule has 1 aliphatic carbocycles. The molecule has 0 aromatic heterocycles. The maximum atomic E-state index is 11.6. The summed E-state index contributed by atoms with van der Waals surface area (Å²) in [6, 6.07) is 3.78. The molecule has 0 aliphatic heterocycles. The van der Waals surface area contributed by atoms with E-state index in [1.165, 1.54) is 37.7 Å². The van der Waals surface area contributed by atoms with E-state index in [4.69, 9.17) is 9.47 Å². The highest BCUT2D eigenvalue weighted by Gasteiger charge is 2.32. The van der Waals surface area contributed by atoms with Crippen LogP contribution in [-0.4, -0.2) is 11.4 Å². The van der Waals surface area contributed by atoms with Crippen molar-refractivity contribution >= 4 is 29.9 Å². The number of rotatable bonds is 9. The SMILES string of the molecule is CCCC(C)C(CCC)CC1Cc2ccc(OC(=O)P)c(OC(=O)P)c2CC1C. The highest BCUT2D eigenvalue weighted by molar-refractivity contribution is 7.39. The van der Waals surface area contributed by atoms with Crippen molar-refractivity contribution in [3.05, 3.63) is 23.3 Å². The van der Waals surface area contributed by atoms with E-state index in [2.05, 4.69) is 27.7 Å². The highest BCUT2D eigenvalue weighted by Crippen LogP contribution is 2.44. The van der Waals surface area contributed by atoms with Crippen LogP contribution >= 0.6 is 18.5 Å². The third kappa shape index (κ3) is 6.76. The predicted molar refractivity (Wildman–Crippen MR) is 125 cm³/mol. The van der Waals surface area contributed by atoms with E-state index in [0.717, 1.165) is 30.2 Å². The molecule has 6 unspecified atom stereocenters. The van der Waals surface area contributed by atoms with Gasteiger partial charge in [-0.2, -0.15) is 0 Å². The first-order chi connectivity index (χ1) is 13.8. The fraction of sp³-hybridized carbons (Fsp3) is 0.652. The summed E-state index contributed by atoms with van der Waals surface area (Å²) in [6.07, 6.45) is 8.11. The van der Waals surface area contributed by atoms with Crippen LogP contribution in [0.4, 0.5) is 9.59 Å². The Balaban J connectivity index is 2.28. The topological polar surface area (TPSA) is 52.6 Å². The van der Waals surface area contributed by atoms with Gasteiger partial charge in [0, 0.05) is 5.56 Å². The summed E-state index contributed by atoms with van der Waals surface area (Å²) in [5.74, 6) is 3.33. The van der Waals surface area contributed by atoms with Crippen LogP contribution in [0.25, 0.3) is 0 Å². The molecule has 0 N–H and O–H groups in total. The number of carbonyl (C=O) groups excluding carboxylic acids is 2. The molecule has 0 heterocycles. The quantitative estimate of drug-likeness (QED) is 0.389. The summed E-state index contributed by atoms with van der Waals surface area (Å²) in [4.78, 5) is 23.1. The van der Waals surface area contributed by atoms with Gasteiger partial charge in [0.25, 0.3) is 0 Å². The van der Waals surface area contributed by atoms with E-state index in [-0.39, 0.29) is 0 Å². The van der Waals surface area contributed by atoms with Crippen molar-refractivity contribution in [3.8, 4) is 11.5 Å². The fourth-order valence-corrected chi connectivity index (χ4v) is 5.08. The third-order valence-corrected chi connectivity index (χ3v) is 6.60. The van der Waals surface area contributed by atoms with Crippen LogP contribution in [0.15, 0.2) is 12.1 Å².